The van der Waals surface area contributed by atoms with Gasteiger partial charge in [0.25, 0.3) is 5.56 Å². The van der Waals surface area contributed by atoms with Gasteiger partial charge in [0.1, 0.15) is 18.1 Å². The smallest absolute Gasteiger partial charge is 0.408 e. The summed E-state index contributed by atoms with van der Waals surface area (Å²) in [6.07, 6.45) is 0.737. The van der Waals surface area contributed by atoms with E-state index >= 15 is 0 Å². The van der Waals surface area contributed by atoms with E-state index < -0.39 is 11.6 Å². The van der Waals surface area contributed by atoms with E-state index in [1.165, 1.54) is 4.90 Å². The van der Waals surface area contributed by atoms with Crippen LogP contribution in [0.25, 0.3) is 10.8 Å². The normalized spacial score (nSPS) is 12.0. The molecule has 0 atom stereocenters. The molecule has 7 heteroatoms. The zero-order chi connectivity index (χ0) is 28.1. The summed E-state index contributed by atoms with van der Waals surface area (Å²) < 4.78 is 14.2. The number of benzene rings is 2. The molecule has 0 unspecified atom stereocenters. The standard InChI is InChI=1S/C31H42N2O5/c1-8-9-17-37-27-25-18-23(38-20-22-13-11-10-12-14-22)15-16-24(25)28(34)32(21-30(2,3)4)26(27)19-33(29(35)36)31(5,6)7/h10-16,18H,8-9,17,19-21H2,1-7H3,(H,35,36). The molecule has 3 rings (SSSR count). The lowest BCUT2D eigenvalue weighted by atomic mass is 9.96. The molecule has 3 aromatic rings. The predicted molar refractivity (Wildman–Crippen MR) is 152 cm³/mol. The average Bonchev–Trinajstić information content (AvgIpc) is 2.83. The Morgan fingerprint density at radius 3 is 2.24 bits per heavy atom. The van der Waals surface area contributed by atoms with Gasteiger partial charge >= 0.3 is 6.09 Å². The summed E-state index contributed by atoms with van der Waals surface area (Å²) in [4.78, 5) is 27.6. The third-order valence-corrected chi connectivity index (χ3v) is 6.27. The fourth-order valence-corrected chi connectivity index (χ4v) is 4.29. The molecule has 2 aromatic carbocycles. The van der Waals surface area contributed by atoms with Crippen molar-refractivity contribution in [1.29, 1.82) is 0 Å². The van der Waals surface area contributed by atoms with Gasteiger partial charge in [-0.05, 0) is 56.4 Å². The van der Waals surface area contributed by atoms with E-state index in [1.54, 1.807) is 10.6 Å². The summed E-state index contributed by atoms with van der Waals surface area (Å²) in [6, 6.07) is 15.3. The molecular formula is C31H42N2O5. The molecule has 206 valence electrons. The summed E-state index contributed by atoms with van der Waals surface area (Å²) in [5, 5.41) is 11.2. The Kier molecular flexibility index (Phi) is 9.13. The fourth-order valence-electron chi connectivity index (χ4n) is 4.29. The van der Waals surface area contributed by atoms with Crippen molar-refractivity contribution < 1.29 is 19.4 Å². The highest BCUT2D eigenvalue weighted by Crippen LogP contribution is 2.34. The van der Waals surface area contributed by atoms with Crippen LogP contribution in [0, 0.1) is 5.41 Å². The largest absolute Gasteiger partial charge is 0.491 e. The topological polar surface area (TPSA) is 81.0 Å². The first-order valence-corrected chi connectivity index (χ1v) is 13.3. The first kappa shape index (κ1) is 29.1. The number of aromatic nitrogens is 1. The summed E-state index contributed by atoms with van der Waals surface area (Å²) in [5.41, 5.74) is 0.537. The summed E-state index contributed by atoms with van der Waals surface area (Å²) in [5.74, 6) is 1.16. The minimum absolute atomic E-state index is 0.0245. The number of amides is 1. The van der Waals surface area contributed by atoms with Gasteiger partial charge in [0.2, 0.25) is 0 Å². The summed E-state index contributed by atoms with van der Waals surface area (Å²) >= 11 is 0. The maximum atomic E-state index is 13.9. The zero-order valence-corrected chi connectivity index (χ0v) is 23.8. The van der Waals surface area contributed by atoms with Gasteiger partial charge in [-0.1, -0.05) is 64.4 Å². The minimum atomic E-state index is -1.05. The molecule has 0 bridgehead atoms. The number of hydrogen-bond acceptors (Lipinski definition) is 4. The van der Waals surface area contributed by atoms with Crippen molar-refractivity contribution in [3.63, 3.8) is 0 Å². The highest BCUT2D eigenvalue weighted by Gasteiger charge is 2.31. The molecule has 0 fully saturated rings. The van der Waals surface area contributed by atoms with Gasteiger partial charge in [0, 0.05) is 17.5 Å². The highest BCUT2D eigenvalue weighted by atomic mass is 16.5. The van der Waals surface area contributed by atoms with Crippen LogP contribution in [0.2, 0.25) is 0 Å². The van der Waals surface area contributed by atoms with Crippen LogP contribution in [0.15, 0.2) is 53.3 Å². The Morgan fingerprint density at radius 2 is 1.66 bits per heavy atom. The Balaban J connectivity index is 2.23. The summed E-state index contributed by atoms with van der Waals surface area (Å²) in [7, 11) is 0. The second-order valence-electron chi connectivity index (χ2n) is 12.0. The van der Waals surface area contributed by atoms with Gasteiger partial charge in [-0.25, -0.2) is 4.79 Å². The lowest BCUT2D eigenvalue weighted by Gasteiger charge is -2.35. The molecule has 0 saturated heterocycles. The van der Waals surface area contributed by atoms with Crippen molar-refractivity contribution in [2.75, 3.05) is 6.61 Å². The maximum absolute atomic E-state index is 13.9. The zero-order valence-electron chi connectivity index (χ0n) is 23.8. The molecule has 0 saturated carbocycles. The first-order valence-electron chi connectivity index (χ1n) is 13.3. The van der Waals surface area contributed by atoms with Crippen LogP contribution in [0.1, 0.15) is 72.6 Å². The van der Waals surface area contributed by atoms with E-state index in [-0.39, 0.29) is 17.5 Å². The van der Waals surface area contributed by atoms with E-state index in [0.29, 0.717) is 47.7 Å². The average molecular weight is 523 g/mol. The molecule has 0 spiro atoms. The molecule has 0 radical (unpaired) electrons. The van der Waals surface area contributed by atoms with Crippen LogP contribution in [-0.4, -0.2) is 32.8 Å². The SMILES string of the molecule is CCCCOc1c(CN(C(=O)O)C(C)(C)C)n(CC(C)(C)C)c(=O)c2ccc(OCc3ccccc3)cc12. The molecule has 7 nitrogen and oxygen atoms in total. The van der Waals surface area contributed by atoms with Crippen LogP contribution >= 0.6 is 0 Å². The van der Waals surface area contributed by atoms with Gasteiger partial charge in [-0.2, -0.15) is 0 Å². The van der Waals surface area contributed by atoms with Crippen molar-refractivity contribution in [3.8, 4) is 11.5 Å². The van der Waals surface area contributed by atoms with Gasteiger partial charge in [0.05, 0.1) is 24.2 Å². The number of hydrogen-bond donors (Lipinski definition) is 1. The third kappa shape index (κ3) is 7.30. The first-order chi connectivity index (χ1) is 17.8. The number of ether oxygens (including phenoxy) is 2. The van der Waals surface area contributed by atoms with E-state index in [0.717, 1.165) is 18.4 Å². The number of pyridine rings is 1. The van der Waals surface area contributed by atoms with Crippen molar-refractivity contribution >= 4 is 16.9 Å². The minimum Gasteiger partial charge on any atom is -0.491 e. The molecule has 1 amide bonds. The monoisotopic (exact) mass is 522 g/mol. The maximum Gasteiger partial charge on any atom is 0.408 e. The molecule has 0 aliphatic rings. The molecule has 38 heavy (non-hydrogen) atoms. The molecule has 1 N–H and O–H groups in total. The van der Waals surface area contributed by atoms with Crippen LogP contribution in [0.4, 0.5) is 4.79 Å². The van der Waals surface area contributed by atoms with Crippen LogP contribution < -0.4 is 15.0 Å². The van der Waals surface area contributed by atoms with Gasteiger partial charge in [-0.3, -0.25) is 9.69 Å². The number of fused-ring (bicyclic) bond motifs is 1. The number of nitrogens with zero attached hydrogens (tertiary/aromatic N) is 2. The quantitative estimate of drug-likeness (QED) is 0.288. The Morgan fingerprint density at radius 1 is 0.974 bits per heavy atom. The van der Waals surface area contributed by atoms with Crippen molar-refractivity contribution in [1.82, 2.24) is 9.47 Å². The van der Waals surface area contributed by atoms with Gasteiger partial charge < -0.3 is 19.1 Å². The molecule has 1 heterocycles. The highest BCUT2D eigenvalue weighted by molar-refractivity contribution is 5.90. The Bertz CT molecular complexity index is 1300. The van der Waals surface area contributed by atoms with Crippen LogP contribution in [0.5, 0.6) is 11.5 Å². The second-order valence-corrected chi connectivity index (χ2v) is 12.0. The van der Waals surface area contributed by atoms with Crippen LogP contribution in [0.3, 0.4) is 0 Å². The predicted octanol–water partition coefficient (Wildman–Crippen LogP) is 7.08. The number of carbonyl (C=O) groups is 1. The molecule has 1 aromatic heterocycles. The Hall–Kier alpha value is -3.48. The molecule has 0 aliphatic heterocycles. The van der Waals surface area contributed by atoms with Crippen molar-refractivity contribution in [2.45, 2.75) is 86.5 Å². The number of carboxylic acid groups (broad SMARTS) is 1. The van der Waals surface area contributed by atoms with E-state index in [9.17, 15) is 14.7 Å². The van der Waals surface area contributed by atoms with E-state index in [1.807, 2.05) is 63.2 Å². The molecular weight excluding hydrogens is 480 g/mol. The lowest BCUT2D eigenvalue weighted by molar-refractivity contribution is 0.0924. The lowest BCUT2D eigenvalue weighted by Crippen LogP contribution is -2.45. The van der Waals surface area contributed by atoms with Crippen molar-refractivity contribution in [2.24, 2.45) is 5.41 Å². The van der Waals surface area contributed by atoms with E-state index in [2.05, 4.69) is 27.7 Å². The van der Waals surface area contributed by atoms with Gasteiger partial charge in [0.15, 0.2) is 0 Å². The van der Waals surface area contributed by atoms with Crippen molar-refractivity contribution in [3.05, 3.63) is 70.1 Å². The number of rotatable bonds is 10. The fraction of sp³-hybridized carbons (Fsp3) is 0.484. The number of unbranched alkanes of at least 4 members (excludes halogenated alkanes) is 1. The third-order valence-electron chi connectivity index (χ3n) is 6.27. The second kappa shape index (κ2) is 11.9. The summed E-state index contributed by atoms with van der Waals surface area (Å²) in [6.45, 7) is 15.1. The Labute approximate surface area is 226 Å². The van der Waals surface area contributed by atoms with Crippen LogP contribution in [-0.2, 0) is 19.7 Å². The van der Waals surface area contributed by atoms with Gasteiger partial charge in [-0.15, -0.1) is 0 Å². The molecule has 0 aliphatic carbocycles. The van der Waals surface area contributed by atoms with E-state index in [4.69, 9.17) is 9.47 Å².